The van der Waals surface area contributed by atoms with Crippen LogP contribution in [0.5, 0.6) is 17.2 Å². The van der Waals surface area contributed by atoms with Crippen LogP contribution in [-0.4, -0.2) is 37.0 Å². The molecule has 0 fully saturated rings. The lowest BCUT2D eigenvalue weighted by Gasteiger charge is -2.15. The molecule has 0 bridgehead atoms. The van der Waals surface area contributed by atoms with E-state index in [-0.39, 0.29) is 23.0 Å². The van der Waals surface area contributed by atoms with Gasteiger partial charge in [-0.2, -0.15) is 5.10 Å². The maximum Gasteiger partial charge on any atom is 0.259 e. The van der Waals surface area contributed by atoms with Crippen LogP contribution in [0, 0.1) is 5.82 Å². The zero-order valence-corrected chi connectivity index (χ0v) is 15.7. The van der Waals surface area contributed by atoms with Gasteiger partial charge in [-0.1, -0.05) is 12.1 Å². The number of benzene rings is 2. The number of methoxy groups -OCH3 is 3. The number of hydrogen-bond acceptors (Lipinski definition) is 5. The Morgan fingerprint density at radius 3 is 2.57 bits per heavy atom. The summed E-state index contributed by atoms with van der Waals surface area (Å²) in [6.45, 7) is 0.382. The molecule has 1 N–H and O–H groups in total. The summed E-state index contributed by atoms with van der Waals surface area (Å²) < 4.78 is 30.8. The largest absolute Gasteiger partial charge is 0.493 e. The van der Waals surface area contributed by atoms with Gasteiger partial charge in [0.05, 0.1) is 45.3 Å². The summed E-state index contributed by atoms with van der Waals surface area (Å²) in [4.78, 5) is 12.7. The van der Waals surface area contributed by atoms with E-state index in [1.54, 1.807) is 35.1 Å². The zero-order valence-electron chi connectivity index (χ0n) is 15.7. The maximum atomic E-state index is 13.3. The Balaban J connectivity index is 1.78. The molecular formula is C20H20FN3O4. The van der Waals surface area contributed by atoms with Gasteiger partial charge >= 0.3 is 0 Å². The van der Waals surface area contributed by atoms with Crippen LogP contribution < -0.4 is 19.5 Å². The Morgan fingerprint density at radius 1 is 1.11 bits per heavy atom. The smallest absolute Gasteiger partial charge is 0.259 e. The molecule has 8 heteroatoms. The summed E-state index contributed by atoms with van der Waals surface area (Å²) in [5.41, 5.74) is 1.55. The number of nitrogens with one attached hydrogen (secondary N) is 1. The Labute approximate surface area is 161 Å². The number of halogens is 1. The maximum absolute atomic E-state index is 13.3. The van der Waals surface area contributed by atoms with Gasteiger partial charge in [-0.15, -0.1) is 0 Å². The van der Waals surface area contributed by atoms with E-state index < -0.39 is 0 Å². The molecule has 28 heavy (non-hydrogen) atoms. The molecule has 0 saturated carbocycles. The molecule has 3 aromatic rings. The highest BCUT2D eigenvalue weighted by Crippen LogP contribution is 2.39. The molecule has 146 valence electrons. The number of carbonyl (C=O) groups excluding carboxylic acids is 1. The van der Waals surface area contributed by atoms with E-state index in [0.717, 1.165) is 5.56 Å². The molecule has 0 aliphatic rings. The Hall–Kier alpha value is -3.55. The Kier molecular flexibility index (Phi) is 5.78. The van der Waals surface area contributed by atoms with E-state index in [1.165, 1.54) is 39.7 Å². The molecule has 3 rings (SSSR count). The lowest BCUT2D eigenvalue weighted by molar-refractivity contribution is 0.102. The first-order valence-corrected chi connectivity index (χ1v) is 8.43. The third-order valence-electron chi connectivity index (χ3n) is 4.07. The van der Waals surface area contributed by atoms with Gasteiger partial charge in [0, 0.05) is 6.20 Å². The number of aromatic nitrogens is 2. The summed E-state index contributed by atoms with van der Waals surface area (Å²) in [5, 5.41) is 6.96. The van der Waals surface area contributed by atoms with Crippen LogP contribution in [0.15, 0.2) is 48.8 Å². The van der Waals surface area contributed by atoms with Crippen molar-refractivity contribution in [2.75, 3.05) is 26.6 Å². The van der Waals surface area contributed by atoms with Gasteiger partial charge in [-0.3, -0.25) is 9.48 Å². The van der Waals surface area contributed by atoms with Crippen molar-refractivity contribution >= 4 is 11.6 Å². The third-order valence-corrected chi connectivity index (χ3v) is 4.07. The van der Waals surface area contributed by atoms with Crippen molar-refractivity contribution in [3.8, 4) is 17.2 Å². The molecule has 1 heterocycles. The van der Waals surface area contributed by atoms with Gasteiger partial charge < -0.3 is 19.5 Å². The summed E-state index contributed by atoms with van der Waals surface area (Å²) in [5.74, 6) is 0.367. The number of anilines is 1. The van der Waals surface area contributed by atoms with Gasteiger partial charge in [0.15, 0.2) is 11.5 Å². The standard InChI is InChI=1S/C20H20FN3O4/c1-26-17-8-7-16(18(27-2)19(17)28-3)20(25)23-15-10-22-24(12-15)11-13-5-4-6-14(21)9-13/h4-10,12H,11H2,1-3H3,(H,23,25). The number of hydrogen-bond donors (Lipinski definition) is 1. The van der Waals surface area contributed by atoms with Crippen LogP contribution in [-0.2, 0) is 6.54 Å². The molecule has 0 spiro atoms. The quantitative estimate of drug-likeness (QED) is 0.675. The highest BCUT2D eigenvalue weighted by atomic mass is 19.1. The highest BCUT2D eigenvalue weighted by molar-refractivity contribution is 6.06. The van der Waals surface area contributed by atoms with Crippen molar-refractivity contribution in [2.45, 2.75) is 6.54 Å². The van der Waals surface area contributed by atoms with Crippen LogP contribution in [0.1, 0.15) is 15.9 Å². The Morgan fingerprint density at radius 2 is 1.89 bits per heavy atom. The third kappa shape index (κ3) is 4.06. The fourth-order valence-electron chi connectivity index (χ4n) is 2.82. The number of carbonyl (C=O) groups is 1. The molecule has 7 nitrogen and oxygen atoms in total. The fraction of sp³-hybridized carbons (Fsp3) is 0.200. The first kappa shape index (κ1) is 19.2. The van der Waals surface area contributed by atoms with Gasteiger partial charge in [-0.05, 0) is 29.8 Å². The van der Waals surface area contributed by atoms with Crippen LogP contribution in [0.2, 0.25) is 0 Å². The van der Waals surface area contributed by atoms with E-state index in [4.69, 9.17) is 14.2 Å². The van der Waals surface area contributed by atoms with Crippen LogP contribution in [0.4, 0.5) is 10.1 Å². The van der Waals surface area contributed by atoms with Crippen molar-refractivity contribution in [3.05, 3.63) is 65.7 Å². The van der Waals surface area contributed by atoms with Crippen molar-refractivity contribution in [1.82, 2.24) is 9.78 Å². The minimum atomic E-state index is -0.386. The summed E-state index contributed by atoms with van der Waals surface area (Å²) in [6.07, 6.45) is 3.18. The molecule has 0 saturated heterocycles. The van der Waals surface area contributed by atoms with Crippen molar-refractivity contribution in [1.29, 1.82) is 0 Å². The monoisotopic (exact) mass is 385 g/mol. The summed E-state index contributed by atoms with van der Waals surface area (Å²) in [6, 6.07) is 9.48. The lowest BCUT2D eigenvalue weighted by Crippen LogP contribution is -2.13. The molecule has 1 amide bonds. The van der Waals surface area contributed by atoms with Gasteiger partial charge in [0.25, 0.3) is 5.91 Å². The van der Waals surface area contributed by atoms with Crippen molar-refractivity contribution < 1.29 is 23.4 Å². The second-order valence-corrected chi connectivity index (χ2v) is 5.89. The van der Waals surface area contributed by atoms with Crippen LogP contribution in [0.25, 0.3) is 0 Å². The molecule has 0 atom stereocenters. The first-order valence-electron chi connectivity index (χ1n) is 8.43. The average molecular weight is 385 g/mol. The van der Waals surface area contributed by atoms with Gasteiger partial charge in [0.1, 0.15) is 5.82 Å². The van der Waals surface area contributed by atoms with Crippen molar-refractivity contribution in [3.63, 3.8) is 0 Å². The van der Waals surface area contributed by atoms with Gasteiger partial charge in [-0.25, -0.2) is 4.39 Å². The number of amides is 1. The van der Waals surface area contributed by atoms with E-state index in [9.17, 15) is 9.18 Å². The fourth-order valence-corrected chi connectivity index (χ4v) is 2.82. The minimum absolute atomic E-state index is 0.270. The van der Waals surface area contributed by atoms with Crippen LogP contribution >= 0.6 is 0 Å². The van der Waals surface area contributed by atoms with Crippen molar-refractivity contribution in [2.24, 2.45) is 0 Å². The normalized spacial score (nSPS) is 10.4. The first-order chi connectivity index (χ1) is 13.5. The molecule has 0 aliphatic carbocycles. The second-order valence-electron chi connectivity index (χ2n) is 5.89. The average Bonchev–Trinajstić information content (AvgIpc) is 3.13. The Bertz CT molecular complexity index is 987. The lowest BCUT2D eigenvalue weighted by atomic mass is 10.1. The van der Waals surface area contributed by atoms with E-state index >= 15 is 0 Å². The number of nitrogens with zero attached hydrogens (tertiary/aromatic N) is 2. The summed E-state index contributed by atoms with van der Waals surface area (Å²) >= 11 is 0. The topological polar surface area (TPSA) is 74.6 Å². The highest BCUT2D eigenvalue weighted by Gasteiger charge is 2.21. The second kappa shape index (κ2) is 8.43. The predicted octanol–water partition coefficient (Wildman–Crippen LogP) is 3.35. The van der Waals surface area contributed by atoms with Gasteiger partial charge in [0.2, 0.25) is 5.75 Å². The van der Waals surface area contributed by atoms with E-state index in [2.05, 4.69) is 10.4 Å². The van der Waals surface area contributed by atoms with Crippen LogP contribution in [0.3, 0.4) is 0 Å². The summed E-state index contributed by atoms with van der Waals surface area (Å²) in [7, 11) is 4.42. The number of rotatable bonds is 7. The molecule has 0 unspecified atom stereocenters. The molecule has 0 aliphatic heterocycles. The SMILES string of the molecule is COc1ccc(C(=O)Nc2cnn(Cc3cccc(F)c3)c2)c(OC)c1OC. The number of ether oxygens (including phenoxy) is 3. The molecular weight excluding hydrogens is 365 g/mol. The molecule has 0 radical (unpaired) electrons. The zero-order chi connectivity index (χ0) is 20.1. The van der Waals surface area contributed by atoms with E-state index in [1.807, 2.05) is 0 Å². The predicted molar refractivity (Wildman–Crippen MR) is 102 cm³/mol. The molecule has 1 aromatic heterocycles. The van der Waals surface area contributed by atoms with E-state index in [0.29, 0.717) is 23.7 Å². The minimum Gasteiger partial charge on any atom is -0.493 e. The molecule has 2 aromatic carbocycles.